The Balaban J connectivity index is 2.20. The van der Waals surface area contributed by atoms with Crippen LogP contribution in [0, 0.1) is 12.3 Å². The minimum absolute atomic E-state index is 0.467. The molecule has 0 unspecified atom stereocenters. The number of hydrogen-bond acceptors (Lipinski definition) is 3. The molecule has 0 fully saturated rings. The van der Waals surface area contributed by atoms with Gasteiger partial charge in [-0.2, -0.15) is 0 Å². The van der Waals surface area contributed by atoms with Gasteiger partial charge < -0.3 is 11.1 Å². The van der Waals surface area contributed by atoms with Crippen LogP contribution in [0.5, 0.6) is 0 Å². The van der Waals surface area contributed by atoms with Crippen molar-refractivity contribution in [3.8, 4) is 22.4 Å². The Hall–Kier alpha value is -2.94. The van der Waals surface area contributed by atoms with Crippen LogP contribution in [-0.4, -0.2) is 11.2 Å². The quantitative estimate of drug-likeness (QED) is 0.495. The lowest BCUT2D eigenvalue weighted by molar-refractivity contribution is 0.867. The van der Waals surface area contributed by atoms with E-state index in [2.05, 4.69) is 44.2 Å². The van der Waals surface area contributed by atoms with Crippen molar-refractivity contribution in [2.24, 2.45) is 0 Å². The van der Waals surface area contributed by atoms with E-state index in [0.717, 1.165) is 33.6 Å². The maximum absolute atomic E-state index is 7.55. The Morgan fingerprint density at radius 1 is 1.00 bits per heavy atom. The van der Waals surface area contributed by atoms with Gasteiger partial charge in [-0.25, -0.2) is 0 Å². The van der Waals surface area contributed by atoms with E-state index in [1.54, 1.807) is 0 Å². The number of benzene rings is 2. The zero-order valence-corrected chi connectivity index (χ0v) is 14.9. The van der Waals surface area contributed by atoms with Crippen molar-refractivity contribution in [2.45, 2.75) is 26.7 Å². The zero-order chi connectivity index (χ0) is 18.0. The van der Waals surface area contributed by atoms with Crippen LogP contribution < -0.4 is 5.73 Å². The van der Waals surface area contributed by atoms with Crippen LogP contribution in [0.2, 0.25) is 0 Å². The average Bonchev–Trinajstić information content (AvgIpc) is 2.62. The summed E-state index contributed by atoms with van der Waals surface area (Å²) in [5.74, 6) is 0.467. The van der Waals surface area contributed by atoms with Crippen LogP contribution in [0.3, 0.4) is 0 Å². The largest absolute Gasteiger partial charge is 0.398 e. The first-order chi connectivity index (χ1) is 12.0. The van der Waals surface area contributed by atoms with Crippen molar-refractivity contribution < 1.29 is 0 Å². The predicted molar refractivity (Wildman–Crippen MR) is 106 cm³/mol. The van der Waals surface area contributed by atoms with Gasteiger partial charge in [0.25, 0.3) is 0 Å². The van der Waals surface area contributed by atoms with Crippen molar-refractivity contribution in [2.75, 3.05) is 5.73 Å². The summed E-state index contributed by atoms with van der Waals surface area (Å²) in [5.41, 5.74) is 13.7. The standard InChI is InChI=1S/C22H23N3/c1-14(2)16-5-4-6-18(11-16)22-20(9-7-15(3)25-22)17-8-10-21(24)19(12-17)13-23/h4-14,23H,24H2,1-3H3. The van der Waals surface area contributed by atoms with Crippen LogP contribution in [0.4, 0.5) is 5.69 Å². The first kappa shape index (κ1) is 16.9. The number of nitrogens with zero attached hydrogens (tertiary/aromatic N) is 1. The van der Waals surface area contributed by atoms with E-state index in [1.807, 2.05) is 31.2 Å². The van der Waals surface area contributed by atoms with E-state index in [0.29, 0.717) is 11.6 Å². The second-order valence-corrected chi connectivity index (χ2v) is 6.62. The van der Waals surface area contributed by atoms with E-state index >= 15 is 0 Å². The Kier molecular flexibility index (Phi) is 4.66. The number of aryl methyl sites for hydroxylation is 1. The third kappa shape index (κ3) is 3.45. The molecule has 1 aromatic heterocycles. The lowest BCUT2D eigenvalue weighted by Crippen LogP contribution is -1.96. The van der Waals surface area contributed by atoms with Gasteiger partial charge in [0, 0.05) is 34.3 Å². The molecule has 0 aliphatic heterocycles. The van der Waals surface area contributed by atoms with Gasteiger partial charge in [-0.05, 0) is 48.2 Å². The molecule has 2 aromatic carbocycles. The average molecular weight is 329 g/mol. The molecule has 0 atom stereocenters. The smallest absolute Gasteiger partial charge is 0.0783 e. The highest BCUT2D eigenvalue weighted by Crippen LogP contribution is 2.33. The molecular formula is C22H23N3. The summed E-state index contributed by atoms with van der Waals surface area (Å²) in [6.07, 6.45) is 1.29. The number of aromatic nitrogens is 1. The number of rotatable bonds is 4. The highest BCUT2D eigenvalue weighted by Gasteiger charge is 2.12. The Bertz CT molecular complexity index is 926. The topological polar surface area (TPSA) is 62.8 Å². The molecule has 3 aromatic rings. The fourth-order valence-corrected chi connectivity index (χ4v) is 2.92. The minimum Gasteiger partial charge on any atom is -0.398 e. The highest BCUT2D eigenvalue weighted by molar-refractivity contribution is 5.90. The molecule has 0 saturated heterocycles. The maximum atomic E-state index is 7.55. The summed E-state index contributed by atoms with van der Waals surface area (Å²) in [4.78, 5) is 4.81. The monoisotopic (exact) mass is 329 g/mol. The van der Waals surface area contributed by atoms with Gasteiger partial charge in [0.15, 0.2) is 0 Å². The highest BCUT2D eigenvalue weighted by atomic mass is 14.7. The number of nitrogens with two attached hydrogens (primary N) is 1. The normalized spacial score (nSPS) is 10.9. The summed E-state index contributed by atoms with van der Waals surface area (Å²) >= 11 is 0. The lowest BCUT2D eigenvalue weighted by Gasteiger charge is -2.13. The van der Waals surface area contributed by atoms with E-state index in [-0.39, 0.29) is 0 Å². The molecule has 3 nitrogen and oxygen atoms in total. The second kappa shape index (κ2) is 6.89. The van der Waals surface area contributed by atoms with Crippen molar-refractivity contribution in [1.82, 2.24) is 4.98 Å². The molecule has 0 spiro atoms. The minimum atomic E-state index is 0.467. The maximum Gasteiger partial charge on any atom is 0.0783 e. The Morgan fingerprint density at radius 3 is 2.52 bits per heavy atom. The molecule has 0 bridgehead atoms. The molecule has 0 aliphatic rings. The molecule has 126 valence electrons. The van der Waals surface area contributed by atoms with Crippen LogP contribution in [-0.2, 0) is 0 Å². The molecule has 3 N–H and O–H groups in total. The fraction of sp³-hybridized carbons (Fsp3) is 0.182. The van der Waals surface area contributed by atoms with Crippen molar-refractivity contribution in [3.63, 3.8) is 0 Å². The lowest BCUT2D eigenvalue weighted by atomic mass is 9.94. The van der Waals surface area contributed by atoms with Gasteiger partial charge >= 0.3 is 0 Å². The summed E-state index contributed by atoms with van der Waals surface area (Å²) in [7, 11) is 0. The first-order valence-corrected chi connectivity index (χ1v) is 8.48. The Labute approximate surface area is 149 Å². The van der Waals surface area contributed by atoms with Crippen LogP contribution in [0.25, 0.3) is 22.4 Å². The summed E-state index contributed by atoms with van der Waals surface area (Å²) in [5, 5.41) is 7.55. The first-order valence-electron chi connectivity index (χ1n) is 8.48. The molecule has 25 heavy (non-hydrogen) atoms. The van der Waals surface area contributed by atoms with E-state index < -0.39 is 0 Å². The van der Waals surface area contributed by atoms with E-state index in [1.165, 1.54) is 11.8 Å². The third-order valence-corrected chi connectivity index (χ3v) is 4.41. The van der Waals surface area contributed by atoms with Gasteiger partial charge in [-0.3, -0.25) is 4.98 Å². The molecule has 3 rings (SSSR count). The number of nitrogens with one attached hydrogen (secondary N) is 1. The predicted octanol–water partition coefficient (Wildman–Crippen LogP) is 5.43. The second-order valence-electron chi connectivity index (χ2n) is 6.62. The molecule has 3 heteroatoms. The third-order valence-electron chi connectivity index (χ3n) is 4.41. The van der Waals surface area contributed by atoms with Gasteiger partial charge in [-0.1, -0.05) is 44.2 Å². The van der Waals surface area contributed by atoms with Gasteiger partial charge in [0.1, 0.15) is 0 Å². The molecule has 0 amide bonds. The van der Waals surface area contributed by atoms with Crippen molar-refractivity contribution >= 4 is 11.9 Å². The molecule has 1 heterocycles. The van der Waals surface area contributed by atoms with Crippen molar-refractivity contribution in [1.29, 1.82) is 5.41 Å². The van der Waals surface area contributed by atoms with Crippen LogP contribution >= 0.6 is 0 Å². The van der Waals surface area contributed by atoms with Gasteiger partial charge in [0.05, 0.1) is 5.69 Å². The molecule has 0 aliphatic carbocycles. The van der Waals surface area contributed by atoms with E-state index in [4.69, 9.17) is 16.1 Å². The van der Waals surface area contributed by atoms with Gasteiger partial charge in [0.2, 0.25) is 0 Å². The fourth-order valence-electron chi connectivity index (χ4n) is 2.92. The Morgan fingerprint density at radius 2 is 1.80 bits per heavy atom. The van der Waals surface area contributed by atoms with Gasteiger partial charge in [-0.15, -0.1) is 0 Å². The summed E-state index contributed by atoms with van der Waals surface area (Å²) in [6.45, 7) is 6.39. The van der Waals surface area contributed by atoms with Crippen molar-refractivity contribution in [3.05, 3.63) is 71.4 Å². The zero-order valence-electron chi connectivity index (χ0n) is 14.9. The van der Waals surface area contributed by atoms with Crippen LogP contribution in [0.15, 0.2) is 54.6 Å². The molecule has 0 radical (unpaired) electrons. The van der Waals surface area contributed by atoms with Crippen LogP contribution in [0.1, 0.15) is 36.6 Å². The number of hydrogen-bond donors (Lipinski definition) is 2. The summed E-state index contributed by atoms with van der Waals surface area (Å²) in [6, 6.07) is 18.5. The summed E-state index contributed by atoms with van der Waals surface area (Å²) < 4.78 is 0. The number of anilines is 1. The SMILES string of the molecule is Cc1ccc(-c2ccc(N)c(C=N)c2)c(-c2cccc(C(C)C)c2)n1. The van der Waals surface area contributed by atoms with E-state index in [9.17, 15) is 0 Å². The molecular weight excluding hydrogens is 306 g/mol. The number of nitrogen functional groups attached to an aromatic ring is 1. The number of pyridine rings is 1. The molecule has 0 saturated carbocycles.